The minimum absolute atomic E-state index is 0. The molecule has 0 fully saturated rings. The Bertz CT molecular complexity index is 599. The second-order valence-corrected chi connectivity index (χ2v) is 5.66. The molecule has 0 radical (unpaired) electrons. The third kappa shape index (κ3) is 5.08. The molecular formula is C19H25ClN2O. The predicted molar refractivity (Wildman–Crippen MR) is 98.8 cm³/mol. The van der Waals surface area contributed by atoms with Gasteiger partial charge in [-0.25, -0.2) is 0 Å². The number of anilines is 1. The van der Waals surface area contributed by atoms with Crippen LogP contribution in [-0.4, -0.2) is 5.91 Å². The summed E-state index contributed by atoms with van der Waals surface area (Å²) in [5.74, 6) is 0.187. The van der Waals surface area contributed by atoms with Gasteiger partial charge in [-0.15, -0.1) is 12.4 Å². The quantitative estimate of drug-likeness (QED) is 0.827. The Morgan fingerprint density at radius 2 is 1.70 bits per heavy atom. The number of rotatable bonds is 6. The van der Waals surface area contributed by atoms with Crippen LogP contribution >= 0.6 is 12.4 Å². The number of nitrogens with one attached hydrogen (secondary N) is 1. The number of halogens is 1. The Balaban J connectivity index is 0.00000264. The molecule has 2 rings (SSSR count). The monoisotopic (exact) mass is 332 g/mol. The molecule has 4 heteroatoms. The lowest BCUT2D eigenvalue weighted by Crippen LogP contribution is -2.26. The summed E-state index contributed by atoms with van der Waals surface area (Å²) < 4.78 is 0. The maximum Gasteiger partial charge on any atom is 0.232 e. The zero-order chi connectivity index (χ0) is 15.9. The molecular weight excluding hydrogens is 308 g/mol. The molecule has 0 spiro atoms. The summed E-state index contributed by atoms with van der Waals surface area (Å²) >= 11 is 0. The molecule has 124 valence electrons. The molecule has 0 aliphatic carbocycles. The fourth-order valence-corrected chi connectivity index (χ4v) is 2.58. The van der Waals surface area contributed by atoms with Gasteiger partial charge in [0.2, 0.25) is 5.91 Å². The number of hydrogen-bond acceptors (Lipinski definition) is 2. The van der Waals surface area contributed by atoms with Crippen molar-refractivity contribution in [1.29, 1.82) is 0 Å². The lowest BCUT2D eigenvalue weighted by atomic mass is 9.85. The minimum Gasteiger partial charge on any atom is -0.326 e. The molecule has 3 nitrogen and oxygen atoms in total. The standard InChI is InChI=1S/C19H24N2O.ClH/c1-3-14(2)18(16-7-5-4-6-8-16)19(22)21-17-11-9-15(13-20)10-12-17;/h4-12,14,18H,3,13,20H2,1-2H3,(H,21,22);1H. The van der Waals surface area contributed by atoms with Gasteiger partial charge in [0.05, 0.1) is 5.92 Å². The van der Waals surface area contributed by atoms with Crippen LogP contribution in [0.25, 0.3) is 0 Å². The maximum absolute atomic E-state index is 12.7. The third-order valence-electron chi connectivity index (χ3n) is 4.11. The second kappa shape index (κ2) is 9.33. The van der Waals surface area contributed by atoms with Crippen molar-refractivity contribution in [3.8, 4) is 0 Å². The Kier molecular flexibility index (Phi) is 7.79. The highest BCUT2D eigenvalue weighted by Crippen LogP contribution is 2.28. The third-order valence-corrected chi connectivity index (χ3v) is 4.11. The van der Waals surface area contributed by atoms with E-state index in [-0.39, 0.29) is 30.2 Å². The fraction of sp³-hybridized carbons (Fsp3) is 0.316. The zero-order valence-electron chi connectivity index (χ0n) is 13.7. The van der Waals surface area contributed by atoms with Crippen LogP contribution in [0.4, 0.5) is 5.69 Å². The highest BCUT2D eigenvalue weighted by Gasteiger charge is 2.25. The van der Waals surface area contributed by atoms with Gasteiger partial charge in [-0.3, -0.25) is 4.79 Å². The van der Waals surface area contributed by atoms with E-state index in [2.05, 4.69) is 19.2 Å². The number of carbonyl (C=O) groups excluding carboxylic acids is 1. The second-order valence-electron chi connectivity index (χ2n) is 5.66. The lowest BCUT2D eigenvalue weighted by molar-refractivity contribution is -0.118. The van der Waals surface area contributed by atoms with Crippen molar-refractivity contribution >= 4 is 24.0 Å². The van der Waals surface area contributed by atoms with Gasteiger partial charge in [-0.2, -0.15) is 0 Å². The number of amides is 1. The van der Waals surface area contributed by atoms with E-state index >= 15 is 0 Å². The topological polar surface area (TPSA) is 55.1 Å². The normalized spacial score (nSPS) is 12.8. The van der Waals surface area contributed by atoms with E-state index in [1.165, 1.54) is 0 Å². The Morgan fingerprint density at radius 1 is 1.09 bits per heavy atom. The van der Waals surface area contributed by atoms with Crippen LogP contribution in [0.3, 0.4) is 0 Å². The maximum atomic E-state index is 12.7. The summed E-state index contributed by atoms with van der Waals surface area (Å²) in [5.41, 5.74) is 8.53. The van der Waals surface area contributed by atoms with Gasteiger partial charge < -0.3 is 11.1 Å². The fourth-order valence-electron chi connectivity index (χ4n) is 2.58. The molecule has 0 aromatic heterocycles. The summed E-state index contributed by atoms with van der Waals surface area (Å²) in [6.45, 7) is 4.74. The first kappa shape index (κ1) is 19.2. The molecule has 0 aliphatic rings. The number of carbonyl (C=O) groups is 1. The van der Waals surface area contributed by atoms with Crippen LogP contribution < -0.4 is 11.1 Å². The van der Waals surface area contributed by atoms with Crippen molar-refractivity contribution in [3.63, 3.8) is 0 Å². The molecule has 2 unspecified atom stereocenters. The smallest absolute Gasteiger partial charge is 0.232 e. The van der Waals surface area contributed by atoms with Crippen LogP contribution in [0, 0.1) is 5.92 Å². The lowest BCUT2D eigenvalue weighted by Gasteiger charge is -2.23. The van der Waals surface area contributed by atoms with Gasteiger partial charge in [0.15, 0.2) is 0 Å². The number of nitrogens with two attached hydrogens (primary N) is 1. The highest BCUT2D eigenvalue weighted by molar-refractivity contribution is 5.96. The van der Waals surface area contributed by atoms with Crippen molar-refractivity contribution in [1.82, 2.24) is 0 Å². The molecule has 0 aliphatic heterocycles. The molecule has 0 bridgehead atoms. The minimum atomic E-state index is -0.139. The summed E-state index contributed by atoms with van der Waals surface area (Å²) in [5, 5.41) is 3.03. The van der Waals surface area contributed by atoms with Crippen molar-refractivity contribution in [2.75, 3.05) is 5.32 Å². The summed E-state index contributed by atoms with van der Waals surface area (Å²) in [6, 6.07) is 17.7. The van der Waals surface area contributed by atoms with E-state index in [9.17, 15) is 4.79 Å². The summed E-state index contributed by atoms with van der Waals surface area (Å²) in [6.07, 6.45) is 0.957. The van der Waals surface area contributed by atoms with E-state index < -0.39 is 0 Å². The number of benzene rings is 2. The molecule has 0 saturated carbocycles. The van der Waals surface area contributed by atoms with Crippen LogP contribution in [-0.2, 0) is 11.3 Å². The number of hydrogen-bond donors (Lipinski definition) is 2. The molecule has 0 heterocycles. The van der Waals surface area contributed by atoms with Crippen molar-refractivity contribution in [3.05, 3.63) is 65.7 Å². The molecule has 23 heavy (non-hydrogen) atoms. The van der Waals surface area contributed by atoms with Gasteiger partial charge in [0, 0.05) is 12.2 Å². The molecule has 0 saturated heterocycles. The van der Waals surface area contributed by atoms with Gasteiger partial charge >= 0.3 is 0 Å². The van der Waals surface area contributed by atoms with Crippen molar-refractivity contribution < 1.29 is 4.79 Å². The van der Waals surface area contributed by atoms with Crippen LogP contribution in [0.1, 0.15) is 37.3 Å². The van der Waals surface area contributed by atoms with E-state index in [1.807, 2.05) is 54.6 Å². The zero-order valence-corrected chi connectivity index (χ0v) is 14.5. The predicted octanol–water partition coefficient (Wildman–Crippen LogP) is 4.34. The molecule has 1 amide bonds. The van der Waals surface area contributed by atoms with E-state index in [1.54, 1.807) is 0 Å². The average Bonchev–Trinajstić information content (AvgIpc) is 2.56. The van der Waals surface area contributed by atoms with E-state index in [4.69, 9.17) is 5.73 Å². The van der Waals surface area contributed by atoms with Crippen LogP contribution in [0.2, 0.25) is 0 Å². The largest absolute Gasteiger partial charge is 0.326 e. The molecule has 2 aromatic carbocycles. The molecule has 2 aromatic rings. The Labute approximate surface area is 144 Å². The van der Waals surface area contributed by atoms with Gasteiger partial charge in [-0.1, -0.05) is 62.7 Å². The summed E-state index contributed by atoms with van der Waals surface area (Å²) in [4.78, 5) is 12.7. The van der Waals surface area contributed by atoms with Crippen molar-refractivity contribution in [2.45, 2.75) is 32.7 Å². The Morgan fingerprint density at radius 3 is 2.22 bits per heavy atom. The van der Waals surface area contributed by atoms with E-state index in [0.29, 0.717) is 6.54 Å². The average molecular weight is 333 g/mol. The molecule has 2 atom stereocenters. The first-order chi connectivity index (χ1) is 10.7. The first-order valence-corrected chi connectivity index (χ1v) is 7.80. The van der Waals surface area contributed by atoms with Gasteiger partial charge in [0.25, 0.3) is 0 Å². The SMILES string of the molecule is CCC(C)C(C(=O)Nc1ccc(CN)cc1)c1ccccc1.Cl. The molecule has 3 N–H and O–H groups in total. The van der Waals surface area contributed by atoms with Gasteiger partial charge in [0.1, 0.15) is 0 Å². The van der Waals surface area contributed by atoms with Crippen molar-refractivity contribution in [2.24, 2.45) is 11.7 Å². The first-order valence-electron chi connectivity index (χ1n) is 7.80. The highest BCUT2D eigenvalue weighted by atomic mass is 35.5. The van der Waals surface area contributed by atoms with E-state index in [0.717, 1.165) is 23.2 Å². The van der Waals surface area contributed by atoms with Gasteiger partial charge in [-0.05, 0) is 29.2 Å². The van der Waals surface area contributed by atoms with Crippen LogP contribution in [0.15, 0.2) is 54.6 Å². The Hall–Kier alpha value is -1.84. The summed E-state index contributed by atoms with van der Waals surface area (Å²) in [7, 11) is 0. The van der Waals surface area contributed by atoms with Crippen LogP contribution in [0.5, 0.6) is 0 Å².